The van der Waals surface area contributed by atoms with Crippen LogP contribution in [0.5, 0.6) is 5.75 Å². The molecule has 3 nitrogen and oxygen atoms in total. The summed E-state index contributed by atoms with van der Waals surface area (Å²) in [6.45, 7) is 1.97. The zero-order chi connectivity index (χ0) is 12.1. The average molecular weight is 246 g/mol. The van der Waals surface area contributed by atoms with Gasteiger partial charge in [-0.15, -0.1) is 11.8 Å². The summed E-state index contributed by atoms with van der Waals surface area (Å²) in [5, 5.41) is 0.989. The van der Waals surface area contributed by atoms with Crippen molar-refractivity contribution in [3.8, 4) is 5.75 Å². The van der Waals surface area contributed by atoms with Crippen LogP contribution in [0.15, 0.2) is 41.7 Å². The minimum atomic E-state index is 0.848. The van der Waals surface area contributed by atoms with Gasteiger partial charge < -0.3 is 4.74 Å². The number of nitrogens with zero attached hydrogens (tertiary/aromatic N) is 2. The summed E-state index contributed by atoms with van der Waals surface area (Å²) in [6.07, 6.45) is 1.60. The van der Waals surface area contributed by atoms with Crippen molar-refractivity contribution in [2.75, 3.05) is 7.11 Å². The molecule has 4 heteroatoms. The van der Waals surface area contributed by atoms with Gasteiger partial charge in [0.05, 0.1) is 12.1 Å². The number of methoxy groups -OCH3 is 1. The number of rotatable bonds is 4. The average Bonchev–Trinajstić information content (AvgIpc) is 2.37. The predicted molar refractivity (Wildman–Crippen MR) is 69.3 cm³/mol. The molecule has 2 aromatic rings. The Bertz CT molecular complexity index is 502. The van der Waals surface area contributed by atoms with Gasteiger partial charge in [0.1, 0.15) is 12.1 Å². The van der Waals surface area contributed by atoms with Crippen molar-refractivity contribution < 1.29 is 4.74 Å². The molecular weight excluding hydrogens is 232 g/mol. The van der Waals surface area contributed by atoms with E-state index in [2.05, 4.69) is 16.0 Å². The largest absolute Gasteiger partial charge is 0.496 e. The standard InChI is InChI=1S/C13H14N2OS/c1-10-7-13(15-9-14-10)17-8-11-5-3-4-6-12(11)16-2/h3-7,9H,8H2,1-2H3. The second kappa shape index (κ2) is 5.68. The Morgan fingerprint density at radius 3 is 2.82 bits per heavy atom. The van der Waals surface area contributed by atoms with Gasteiger partial charge in [0.2, 0.25) is 0 Å². The van der Waals surface area contributed by atoms with E-state index in [1.807, 2.05) is 31.2 Å². The van der Waals surface area contributed by atoms with Crippen LogP contribution < -0.4 is 4.74 Å². The van der Waals surface area contributed by atoms with Crippen LogP contribution in [0.3, 0.4) is 0 Å². The SMILES string of the molecule is COc1ccccc1CSc1cc(C)ncn1. The maximum Gasteiger partial charge on any atom is 0.122 e. The smallest absolute Gasteiger partial charge is 0.122 e. The van der Waals surface area contributed by atoms with Crippen molar-refractivity contribution in [2.45, 2.75) is 17.7 Å². The molecule has 0 aliphatic rings. The number of hydrogen-bond acceptors (Lipinski definition) is 4. The van der Waals surface area contributed by atoms with Crippen LogP contribution in [0, 0.1) is 6.92 Å². The van der Waals surface area contributed by atoms with Crippen LogP contribution >= 0.6 is 11.8 Å². The van der Waals surface area contributed by atoms with E-state index in [4.69, 9.17) is 4.74 Å². The lowest BCUT2D eigenvalue weighted by Crippen LogP contribution is -1.91. The van der Waals surface area contributed by atoms with Crippen LogP contribution in [-0.2, 0) is 5.75 Å². The number of hydrogen-bond donors (Lipinski definition) is 0. The van der Waals surface area contributed by atoms with Gasteiger partial charge in [-0.3, -0.25) is 0 Å². The van der Waals surface area contributed by atoms with Crippen LogP contribution in [0.2, 0.25) is 0 Å². The molecule has 1 aromatic carbocycles. The summed E-state index contributed by atoms with van der Waals surface area (Å²) in [5.74, 6) is 1.77. The van der Waals surface area contributed by atoms with Crippen LogP contribution in [0.1, 0.15) is 11.3 Å². The van der Waals surface area contributed by atoms with E-state index >= 15 is 0 Å². The molecule has 0 bridgehead atoms. The first kappa shape index (κ1) is 11.9. The Labute approximate surface area is 105 Å². The van der Waals surface area contributed by atoms with Crippen LogP contribution in [0.25, 0.3) is 0 Å². The van der Waals surface area contributed by atoms with Crippen molar-refractivity contribution in [1.29, 1.82) is 0 Å². The fraction of sp³-hybridized carbons (Fsp3) is 0.231. The first-order valence-corrected chi connectivity index (χ1v) is 6.31. The van der Waals surface area contributed by atoms with Crippen molar-refractivity contribution in [3.63, 3.8) is 0 Å². The Kier molecular flexibility index (Phi) is 3.98. The minimum absolute atomic E-state index is 0.848. The maximum absolute atomic E-state index is 5.31. The molecule has 0 saturated heterocycles. The monoisotopic (exact) mass is 246 g/mol. The highest BCUT2D eigenvalue weighted by molar-refractivity contribution is 7.98. The highest BCUT2D eigenvalue weighted by Crippen LogP contribution is 2.26. The quantitative estimate of drug-likeness (QED) is 0.613. The second-order valence-electron chi connectivity index (χ2n) is 3.60. The maximum atomic E-state index is 5.31. The van der Waals surface area contributed by atoms with Gasteiger partial charge in [-0.1, -0.05) is 18.2 Å². The van der Waals surface area contributed by atoms with Crippen molar-refractivity contribution in [1.82, 2.24) is 9.97 Å². The molecule has 0 amide bonds. The lowest BCUT2D eigenvalue weighted by atomic mass is 10.2. The van der Waals surface area contributed by atoms with Gasteiger partial charge in [0, 0.05) is 17.0 Å². The molecule has 0 saturated carbocycles. The third-order valence-corrected chi connectivity index (χ3v) is 3.32. The number of ether oxygens (including phenoxy) is 1. The molecule has 2 rings (SSSR count). The third-order valence-electron chi connectivity index (χ3n) is 2.35. The summed E-state index contributed by atoms with van der Waals surface area (Å²) in [5.41, 5.74) is 2.17. The highest BCUT2D eigenvalue weighted by atomic mass is 32.2. The Balaban J connectivity index is 2.07. The van der Waals surface area contributed by atoms with Gasteiger partial charge in [-0.25, -0.2) is 9.97 Å². The molecule has 0 radical (unpaired) electrons. The van der Waals surface area contributed by atoms with Gasteiger partial charge >= 0.3 is 0 Å². The highest BCUT2D eigenvalue weighted by Gasteiger charge is 2.03. The molecule has 0 N–H and O–H groups in total. The molecule has 17 heavy (non-hydrogen) atoms. The van der Waals surface area contributed by atoms with E-state index in [9.17, 15) is 0 Å². The summed E-state index contributed by atoms with van der Waals surface area (Å²) < 4.78 is 5.31. The molecule has 0 atom stereocenters. The fourth-order valence-corrected chi connectivity index (χ4v) is 2.40. The number of para-hydroxylation sites is 1. The van der Waals surface area contributed by atoms with Gasteiger partial charge in [0.15, 0.2) is 0 Å². The second-order valence-corrected chi connectivity index (χ2v) is 4.59. The molecule has 0 unspecified atom stereocenters. The molecule has 0 aliphatic heterocycles. The van der Waals surface area contributed by atoms with Crippen molar-refractivity contribution in [2.24, 2.45) is 0 Å². The zero-order valence-electron chi connectivity index (χ0n) is 9.88. The first-order chi connectivity index (χ1) is 8.29. The molecule has 0 spiro atoms. The van der Waals surface area contributed by atoms with E-state index in [1.165, 1.54) is 5.56 Å². The molecule has 1 aromatic heterocycles. The van der Waals surface area contributed by atoms with Gasteiger partial charge in [0.25, 0.3) is 0 Å². The lowest BCUT2D eigenvalue weighted by Gasteiger charge is -2.07. The first-order valence-electron chi connectivity index (χ1n) is 5.33. The number of benzene rings is 1. The Morgan fingerprint density at radius 1 is 1.24 bits per heavy atom. The number of aryl methyl sites for hydroxylation is 1. The van der Waals surface area contributed by atoms with E-state index in [1.54, 1.807) is 25.2 Å². The van der Waals surface area contributed by atoms with Gasteiger partial charge in [-0.2, -0.15) is 0 Å². The lowest BCUT2D eigenvalue weighted by molar-refractivity contribution is 0.411. The van der Waals surface area contributed by atoms with Crippen molar-refractivity contribution >= 4 is 11.8 Å². The molecule has 1 heterocycles. The predicted octanol–water partition coefficient (Wildman–Crippen LogP) is 3.09. The minimum Gasteiger partial charge on any atom is -0.496 e. The van der Waals surface area contributed by atoms with E-state index in [0.29, 0.717) is 0 Å². The fourth-order valence-electron chi connectivity index (χ4n) is 1.48. The Hall–Kier alpha value is -1.55. The topological polar surface area (TPSA) is 35.0 Å². The summed E-state index contributed by atoms with van der Waals surface area (Å²) in [6, 6.07) is 10.0. The van der Waals surface area contributed by atoms with Gasteiger partial charge in [-0.05, 0) is 19.1 Å². The third kappa shape index (κ3) is 3.20. The zero-order valence-corrected chi connectivity index (χ0v) is 10.7. The number of aromatic nitrogens is 2. The van der Waals surface area contributed by atoms with Crippen LogP contribution in [0.4, 0.5) is 0 Å². The molecule has 88 valence electrons. The summed E-state index contributed by atoms with van der Waals surface area (Å²) >= 11 is 1.69. The molecular formula is C13H14N2OS. The van der Waals surface area contributed by atoms with E-state index in [-0.39, 0.29) is 0 Å². The number of thioether (sulfide) groups is 1. The normalized spacial score (nSPS) is 10.2. The van der Waals surface area contributed by atoms with E-state index in [0.717, 1.165) is 22.2 Å². The molecule has 0 fully saturated rings. The summed E-state index contributed by atoms with van der Waals surface area (Å²) in [7, 11) is 1.69. The Morgan fingerprint density at radius 2 is 2.06 bits per heavy atom. The summed E-state index contributed by atoms with van der Waals surface area (Å²) in [4.78, 5) is 8.30. The van der Waals surface area contributed by atoms with Crippen LogP contribution in [-0.4, -0.2) is 17.1 Å². The van der Waals surface area contributed by atoms with E-state index < -0.39 is 0 Å². The molecule has 0 aliphatic carbocycles. The van der Waals surface area contributed by atoms with Crippen molar-refractivity contribution in [3.05, 3.63) is 47.9 Å².